The Morgan fingerprint density at radius 3 is 2.62 bits per heavy atom. The number of pyridine rings is 1. The number of ether oxygens (including phenoxy) is 1. The van der Waals surface area contributed by atoms with Gasteiger partial charge in [-0.25, -0.2) is 8.78 Å². The van der Waals surface area contributed by atoms with Crippen LogP contribution in [0.15, 0.2) is 65.8 Å². The predicted molar refractivity (Wildman–Crippen MR) is 95.5 cm³/mol. The van der Waals surface area contributed by atoms with Crippen molar-refractivity contribution in [2.24, 2.45) is 0 Å². The number of thiophene rings is 1. The van der Waals surface area contributed by atoms with E-state index in [0.717, 1.165) is 10.9 Å². The van der Waals surface area contributed by atoms with Crippen molar-refractivity contribution in [1.82, 2.24) is 4.98 Å². The quantitative estimate of drug-likeness (QED) is 0.724. The SMILES string of the molecule is OC(C1=C(c2cc(F)cc(F)c2)OCC1c1cccs1)c1cccnc1. The van der Waals surface area contributed by atoms with Crippen LogP contribution in [0.4, 0.5) is 8.78 Å². The second-order valence-electron chi connectivity index (χ2n) is 6.01. The third-order valence-corrected chi connectivity index (χ3v) is 5.32. The lowest BCUT2D eigenvalue weighted by Gasteiger charge is -2.18. The molecule has 0 radical (unpaired) electrons. The van der Waals surface area contributed by atoms with E-state index in [1.54, 1.807) is 35.9 Å². The minimum absolute atomic E-state index is 0.188. The van der Waals surface area contributed by atoms with Crippen molar-refractivity contribution in [3.63, 3.8) is 0 Å². The molecule has 6 heteroatoms. The average molecular weight is 371 g/mol. The molecule has 2 atom stereocenters. The van der Waals surface area contributed by atoms with E-state index in [2.05, 4.69) is 4.98 Å². The summed E-state index contributed by atoms with van der Waals surface area (Å²) < 4.78 is 33.2. The van der Waals surface area contributed by atoms with Gasteiger partial charge < -0.3 is 9.84 Å². The summed E-state index contributed by atoms with van der Waals surface area (Å²) in [6.07, 6.45) is 2.21. The lowest BCUT2D eigenvalue weighted by Crippen LogP contribution is -2.09. The minimum atomic E-state index is -0.986. The van der Waals surface area contributed by atoms with Gasteiger partial charge in [0.1, 0.15) is 23.5 Å². The zero-order valence-electron chi connectivity index (χ0n) is 13.6. The van der Waals surface area contributed by atoms with Crippen LogP contribution in [-0.4, -0.2) is 16.7 Å². The Hall–Kier alpha value is -2.57. The van der Waals surface area contributed by atoms with E-state index in [0.29, 0.717) is 23.5 Å². The molecule has 4 rings (SSSR count). The topological polar surface area (TPSA) is 42.4 Å². The van der Waals surface area contributed by atoms with Gasteiger partial charge in [0.15, 0.2) is 0 Å². The van der Waals surface area contributed by atoms with E-state index >= 15 is 0 Å². The fourth-order valence-corrected chi connectivity index (χ4v) is 4.02. The van der Waals surface area contributed by atoms with Crippen molar-refractivity contribution >= 4 is 17.1 Å². The molecule has 3 nitrogen and oxygen atoms in total. The van der Waals surface area contributed by atoms with Crippen LogP contribution >= 0.6 is 11.3 Å². The van der Waals surface area contributed by atoms with Crippen LogP contribution in [0.2, 0.25) is 0 Å². The molecule has 0 fully saturated rings. The number of aromatic nitrogens is 1. The molecule has 0 bridgehead atoms. The van der Waals surface area contributed by atoms with Crippen LogP contribution in [0.25, 0.3) is 5.76 Å². The molecule has 26 heavy (non-hydrogen) atoms. The highest BCUT2D eigenvalue weighted by Gasteiger charge is 2.35. The fourth-order valence-electron chi connectivity index (χ4n) is 3.19. The Labute approximate surface area is 153 Å². The molecule has 1 aromatic carbocycles. The van der Waals surface area contributed by atoms with E-state index in [-0.39, 0.29) is 11.5 Å². The van der Waals surface area contributed by atoms with E-state index < -0.39 is 17.7 Å². The first-order valence-electron chi connectivity index (χ1n) is 8.08. The van der Waals surface area contributed by atoms with Crippen molar-refractivity contribution in [1.29, 1.82) is 0 Å². The first-order valence-corrected chi connectivity index (χ1v) is 8.96. The molecule has 2 aromatic heterocycles. The molecule has 1 N–H and O–H groups in total. The van der Waals surface area contributed by atoms with Gasteiger partial charge in [0.05, 0.1) is 12.5 Å². The van der Waals surface area contributed by atoms with Crippen LogP contribution in [0, 0.1) is 11.6 Å². The molecule has 132 valence electrons. The first-order chi connectivity index (χ1) is 12.6. The summed E-state index contributed by atoms with van der Waals surface area (Å²) in [5.74, 6) is -1.25. The summed E-state index contributed by atoms with van der Waals surface area (Å²) in [7, 11) is 0. The Kier molecular flexibility index (Phi) is 4.53. The number of aliphatic hydroxyl groups is 1. The van der Waals surface area contributed by atoms with E-state index in [9.17, 15) is 13.9 Å². The smallest absolute Gasteiger partial charge is 0.129 e. The van der Waals surface area contributed by atoms with Crippen LogP contribution in [0.1, 0.15) is 28.0 Å². The molecular formula is C20H15F2NO2S. The molecule has 3 aromatic rings. The number of aliphatic hydroxyl groups excluding tert-OH is 1. The van der Waals surface area contributed by atoms with E-state index in [1.165, 1.54) is 12.1 Å². The summed E-state index contributed by atoms with van der Waals surface area (Å²) in [5.41, 5.74) is 1.47. The van der Waals surface area contributed by atoms with Gasteiger partial charge in [-0.05, 0) is 29.6 Å². The summed E-state index contributed by atoms with van der Waals surface area (Å²) in [6.45, 7) is 0.306. The molecule has 2 unspecified atom stereocenters. The van der Waals surface area contributed by atoms with Gasteiger partial charge in [0, 0.05) is 40.0 Å². The van der Waals surface area contributed by atoms with Crippen molar-refractivity contribution in [3.8, 4) is 0 Å². The van der Waals surface area contributed by atoms with Gasteiger partial charge >= 0.3 is 0 Å². The number of hydrogen-bond donors (Lipinski definition) is 1. The number of rotatable bonds is 4. The molecular weight excluding hydrogens is 356 g/mol. The summed E-state index contributed by atoms with van der Waals surface area (Å²) in [5, 5.41) is 12.9. The Bertz CT molecular complexity index is 921. The highest BCUT2D eigenvalue weighted by atomic mass is 32.1. The second kappa shape index (κ2) is 6.97. The third-order valence-electron chi connectivity index (χ3n) is 4.34. The maximum absolute atomic E-state index is 13.7. The Morgan fingerprint density at radius 1 is 1.15 bits per heavy atom. The first kappa shape index (κ1) is 16.9. The van der Waals surface area contributed by atoms with E-state index in [1.807, 2.05) is 17.5 Å². The van der Waals surface area contributed by atoms with Gasteiger partial charge in [0.25, 0.3) is 0 Å². The predicted octanol–water partition coefficient (Wildman–Crippen LogP) is 4.68. The highest BCUT2D eigenvalue weighted by molar-refractivity contribution is 7.10. The largest absolute Gasteiger partial charge is 0.492 e. The molecule has 0 aliphatic carbocycles. The van der Waals surface area contributed by atoms with Crippen molar-refractivity contribution in [2.75, 3.05) is 6.61 Å². The van der Waals surface area contributed by atoms with Crippen LogP contribution in [-0.2, 0) is 4.74 Å². The second-order valence-corrected chi connectivity index (χ2v) is 6.99. The van der Waals surface area contributed by atoms with Crippen LogP contribution < -0.4 is 0 Å². The Morgan fingerprint density at radius 2 is 1.96 bits per heavy atom. The molecule has 1 aliphatic rings. The minimum Gasteiger partial charge on any atom is -0.492 e. The lowest BCUT2D eigenvalue weighted by atomic mass is 9.89. The number of nitrogens with zero attached hydrogens (tertiary/aromatic N) is 1. The molecule has 0 saturated carbocycles. The number of hydrogen-bond acceptors (Lipinski definition) is 4. The van der Waals surface area contributed by atoms with Crippen molar-refractivity contribution in [2.45, 2.75) is 12.0 Å². The monoisotopic (exact) mass is 371 g/mol. The van der Waals surface area contributed by atoms with Gasteiger partial charge in [-0.3, -0.25) is 4.98 Å². The van der Waals surface area contributed by atoms with E-state index in [4.69, 9.17) is 4.74 Å². The standard InChI is InChI=1S/C20H15F2NO2S/c21-14-7-13(8-15(22)9-14)20-18(19(24)12-3-1-5-23-10-12)16(11-25-20)17-4-2-6-26-17/h1-10,16,19,24H,11H2. The summed E-state index contributed by atoms with van der Waals surface area (Å²) >= 11 is 1.55. The Balaban J connectivity index is 1.86. The molecule has 0 amide bonds. The van der Waals surface area contributed by atoms with Gasteiger partial charge in [-0.2, -0.15) is 0 Å². The highest BCUT2D eigenvalue weighted by Crippen LogP contribution is 2.46. The number of benzene rings is 1. The molecule has 1 aliphatic heterocycles. The van der Waals surface area contributed by atoms with Gasteiger partial charge in [0.2, 0.25) is 0 Å². The van der Waals surface area contributed by atoms with Crippen LogP contribution in [0.5, 0.6) is 0 Å². The molecule has 0 spiro atoms. The maximum atomic E-state index is 13.7. The zero-order valence-corrected chi connectivity index (χ0v) is 14.4. The van der Waals surface area contributed by atoms with Gasteiger partial charge in [-0.15, -0.1) is 11.3 Å². The maximum Gasteiger partial charge on any atom is 0.129 e. The van der Waals surface area contributed by atoms with Crippen LogP contribution in [0.3, 0.4) is 0 Å². The normalized spacial score (nSPS) is 18.0. The summed E-state index contributed by atoms with van der Waals surface area (Å²) in [4.78, 5) is 5.07. The third kappa shape index (κ3) is 3.13. The molecule has 0 saturated heterocycles. The van der Waals surface area contributed by atoms with Gasteiger partial charge in [-0.1, -0.05) is 12.1 Å². The van der Waals surface area contributed by atoms with Crippen molar-refractivity contribution < 1.29 is 18.6 Å². The fraction of sp³-hybridized carbons (Fsp3) is 0.150. The lowest BCUT2D eigenvalue weighted by molar-refractivity contribution is 0.209. The molecule has 3 heterocycles. The zero-order chi connectivity index (χ0) is 18.1. The average Bonchev–Trinajstić information content (AvgIpc) is 3.30. The number of halogens is 2. The summed E-state index contributed by atoms with van der Waals surface area (Å²) in [6, 6.07) is 10.6. The van der Waals surface area contributed by atoms with Crippen molar-refractivity contribution in [3.05, 3.63) is 93.4 Å².